The van der Waals surface area contributed by atoms with Crippen molar-refractivity contribution in [1.29, 1.82) is 0 Å². The second kappa shape index (κ2) is 7.75. The number of nitrogens with zero attached hydrogens (tertiary/aromatic N) is 4. The molecule has 9 heteroatoms. The van der Waals surface area contributed by atoms with Gasteiger partial charge >= 0.3 is 0 Å². The summed E-state index contributed by atoms with van der Waals surface area (Å²) < 4.78 is 6.82. The van der Waals surface area contributed by atoms with E-state index in [-0.39, 0.29) is 11.7 Å². The smallest absolute Gasteiger partial charge is 0.242 e. The Morgan fingerprint density at radius 1 is 1.16 bits per heavy atom. The molecule has 0 spiro atoms. The first-order valence-electron chi connectivity index (χ1n) is 10.2. The van der Waals surface area contributed by atoms with Crippen LogP contribution in [0.1, 0.15) is 19.3 Å². The van der Waals surface area contributed by atoms with Crippen LogP contribution in [-0.4, -0.2) is 50.3 Å². The van der Waals surface area contributed by atoms with Crippen LogP contribution in [0.25, 0.3) is 27.9 Å². The van der Waals surface area contributed by atoms with Crippen LogP contribution in [-0.2, 0) is 4.79 Å². The predicted octanol–water partition coefficient (Wildman–Crippen LogP) is 2.74. The molecule has 1 saturated heterocycles. The van der Waals surface area contributed by atoms with Gasteiger partial charge in [-0.05, 0) is 55.7 Å². The third kappa shape index (κ3) is 3.48. The van der Waals surface area contributed by atoms with Crippen LogP contribution in [0.3, 0.4) is 0 Å². The van der Waals surface area contributed by atoms with Crippen LogP contribution in [0.15, 0.2) is 42.5 Å². The average molecular weight is 418 g/mol. The van der Waals surface area contributed by atoms with Gasteiger partial charge in [0, 0.05) is 17.5 Å². The first-order chi connectivity index (χ1) is 15.1. The highest BCUT2D eigenvalue weighted by atomic mass is 16.5. The number of phenols is 1. The topological polar surface area (TPSA) is 114 Å². The van der Waals surface area contributed by atoms with E-state index in [1.54, 1.807) is 23.8 Å². The Kier molecular flexibility index (Phi) is 4.78. The fourth-order valence-corrected chi connectivity index (χ4v) is 3.81. The summed E-state index contributed by atoms with van der Waals surface area (Å²) in [5.74, 6) is 1.58. The highest BCUT2D eigenvalue weighted by molar-refractivity contribution is 5.96. The number of aromatic hydroxyl groups is 1. The van der Waals surface area contributed by atoms with Gasteiger partial charge in [-0.2, -0.15) is 4.52 Å². The average Bonchev–Trinajstić information content (AvgIpc) is 3.15. The number of carbonyl (C=O) groups is 1. The molecule has 0 radical (unpaired) electrons. The van der Waals surface area contributed by atoms with E-state index in [2.05, 4.69) is 20.7 Å². The summed E-state index contributed by atoms with van der Waals surface area (Å²) >= 11 is 0. The van der Waals surface area contributed by atoms with Crippen molar-refractivity contribution in [2.24, 2.45) is 0 Å². The molecule has 3 N–H and O–H groups in total. The normalized spacial score (nSPS) is 16.8. The van der Waals surface area contributed by atoms with Gasteiger partial charge in [-0.3, -0.25) is 4.79 Å². The zero-order chi connectivity index (χ0) is 21.4. The molecule has 1 fully saturated rings. The predicted molar refractivity (Wildman–Crippen MR) is 116 cm³/mol. The third-order valence-corrected chi connectivity index (χ3v) is 5.47. The van der Waals surface area contributed by atoms with Gasteiger partial charge in [0.1, 0.15) is 23.1 Å². The van der Waals surface area contributed by atoms with Crippen molar-refractivity contribution >= 4 is 28.4 Å². The Morgan fingerprint density at radius 3 is 2.81 bits per heavy atom. The third-order valence-electron chi connectivity index (χ3n) is 5.47. The number of methoxy groups -OCH3 is 1. The number of anilines is 1. The molecule has 9 nitrogen and oxygen atoms in total. The number of hydrogen-bond donors (Lipinski definition) is 3. The SMILES string of the molecule is COc1ccc(-c2nc3c4cccc(O)c4nc(N[C@@H]4CCCCNC4=O)n3n2)cc1. The molecule has 0 unspecified atom stereocenters. The fraction of sp³-hybridized carbons (Fsp3) is 0.273. The second-order valence-corrected chi connectivity index (χ2v) is 7.49. The van der Waals surface area contributed by atoms with E-state index in [4.69, 9.17) is 9.72 Å². The molecule has 4 aromatic rings. The lowest BCUT2D eigenvalue weighted by atomic mass is 10.1. The van der Waals surface area contributed by atoms with Crippen LogP contribution < -0.4 is 15.4 Å². The number of hydrogen-bond acceptors (Lipinski definition) is 7. The van der Waals surface area contributed by atoms with E-state index >= 15 is 0 Å². The number of fused-ring (bicyclic) bond motifs is 3. The number of para-hydroxylation sites is 1. The van der Waals surface area contributed by atoms with Crippen LogP contribution >= 0.6 is 0 Å². The van der Waals surface area contributed by atoms with Crippen molar-refractivity contribution < 1.29 is 14.6 Å². The Hall–Kier alpha value is -3.88. The number of benzene rings is 2. The Bertz CT molecular complexity index is 1270. The highest BCUT2D eigenvalue weighted by Gasteiger charge is 2.24. The first kappa shape index (κ1) is 19.1. The van der Waals surface area contributed by atoms with Crippen molar-refractivity contribution in [2.75, 3.05) is 19.0 Å². The lowest BCUT2D eigenvalue weighted by Gasteiger charge is -2.16. The Labute approximate surface area is 178 Å². The van der Waals surface area contributed by atoms with Crippen molar-refractivity contribution in [3.8, 4) is 22.9 Å². The van der Waals surface area contributed by atoms with Gasteiger partial charge in [-0.15, -0.1) is 5.10 Å². The summed E-state index contributed by atoms with van der Waals surface area (Å²) in [6.45, 7) is 0.670. The minimum Gasteiger partial charge on any atom is -0.506 e. The quantitative estimate of drug-likeness (QED) is 0.467. The van der Waals surface area contributed by atoms with E-state index in [0.717, 1.165) is 24.2 Å². The zero-order valence-corrected chi connectivity index (χ0v) is 17.0. The molecule has 0 aliphatic carbocycles. The van der Waals surface area contributed by atoms with Gasteiger partial charge in [0.2, 0.25) is 11.9 Å². The molecule has 1 aliphatic heterocycles. The molecule has 2 aromatic heterocycles. The summed E-state index contributed by atoms with van der Waals surface area (Å²) in [7, 11) is 1.62. The largest absolute Gasteiger partial charge is 0.506 e. The summed E-state index contributed by atoms with van der Waals surface area (Å²) in [6.07, 6.45) is 2.55. The summed E-state index contributed by atoms with van der Waals surface area (Å²) in [6, 6.07) is 12.2. The summed E-state index contributed by atoms with van der Waals surface area (Å²) in [5.41, 5.74) is 1.76. The fourth-order valence-electron chi connectivity index (χ4n) is 3.81. The molecule has 5 rings (SSSR count). The maximum absolute atomic E-state index is 12.5. The number of nitrogens with one attached hydrogen (secondary N) is 2. The van der Waals surface area contributed by atoms with Crippen molar-refractivity contribution in [3.63, 3.8) is 0 Å². The molecule has 1 aliphatic rings. The highest BCUT2D eigenvalue weighted by Crippen LogP contribution is 2.30. The zero-order valence-electron chi connectivity index (χ0n) is 17.0. The monoisotopic (exact) mass is 418 g/mol. The number of carbonyl (C=O) groups excluding carboxylic acids is 1. The minimum atomic E-state index is -0.435. The molecular weight excluding hydrogens is 396 g/mol. The number of phenolic OH excluding ortho intramolecular Hbond substituents is 1. The number of rotatable bonds is 4. The van der Waals surface area contributed by atoms with Crippen molar-refractivity contribution in [1.82, 2.24) is 24.9 Å². The molecule has 31 heavy (non-hydrogen) atoms. The first-order valence-corrected chi connectivity index (χ1v) is 10.2. The number of ether oxygens (including phenoxy) is 1. The van der Waals surface area contributed by atoms with Crippen LogP contribution in [0, 0.1) is 0 Å². The molecule has 2 aromatic carbocycles. The van der Waals surface area contributed by atoms with Crippen LogP contribution in [0.5, 0.6) is 11.5 Å². The molecule has 0 bridgehead atoms. The van der Waals surface area contributed by atoms with Crippen molar-refractivity contribution in [3.05, 3.63) is 42.5 Å². The van der Waals surface area contributed by atoms with E-state index in [0.29, 0.717) is 41.3 Å². The standard InChI is InChI=1S/C22H22N6O3/c1-31-14-10-8-13(9-11-14)19-26-20-15-5-4-7-17(29)18(15)25-22(28(20)27-19)24-16-6-2-3-12-23-21(16)30/h4-5,7-11,16,29H,2-3,6,12H2,1H3,(H,23,30)(H,24,25)/t16-/m1/s1. The van der Waals surface area contributed by atoms with Gasteiger partial charge in [-0.1, -0.05) is 6.07 Å². The Morgan fingerprint density at radius 2 is 2.00 bits per heavy atom. The molecule has 3 heterocycles. The van der Waals surface area contributed by atoms with Gasteiger partial charge < -0.3 is 20.5 Å². The van der Waals surface area contributed by atoms with E-state index in [1.807, 2.05) is 30.3 Å². The minimum absolute atomic E-state index is 0.0439. The van der Waals surface area contributed by atoms with E-state index < -0.39 is 6.04 Å². The maximum atomic E-state index is 12.5. The van der Waals surface area contributed by atoms with E-state index in [1.165, 1.54) is 0 Å². The number of aromatic nitrogens is 4. The van der Waals surface area contributed by atoms with Crippen LogP contribution in [0.2, 0.25) is 0 Å². The van der Waals surface area contributed by atoms with Gasteiger partial charge in [0.15, 0.2) is 11.5 Å². The second-order valence-electron chi connectivity index (χ2n) is 7.49. The van der Waals surface area contributed by atoms with Gasteiger partial charge in [0.25, 0.3) is 0 Å². The Balaban J connectivity index is 1.66. The van der Waals surface area contributed by atoms with Crippen molar-refractivity contribution in [2.45, 2.75) is 25.3 Å². The van der Waals surface area contributed by atoms with Crippen LogP contribution in [0.4, 0.5) is 5.95 Å². The van der Waals surface area contributed by atoms with Gasteiger partial charge in [-0.25, -0.2) is 9.97 Å². The summed E-state index contributed by atoms with van der Waals surface area (Å²) in [4.78, 5) is 21.8. The lowest BCUT2D eigenvalue weighted by Crippen LogP contribution is -2.38. The van der Waals surface area contributed by atoms with E-state index in [9.17, 15) is 9.90 Å². The molecule has 158 valence electrons. The molecule has 1 atom stereocenters. The summed E-state index contributed by atoms with van der Waals surface area (Å²) in [5, 5.41) is 21.9. The van der Waals surface area contributed by atoms with Gasteiger partial charge in [0.05, 0.1) is 7.11 Å². The molecule has 0 saturated carbocycles. The number of amides is 1. The molecule has 1 amide bonds. The maximum Gasteiger partial charge on any atom is 0.242 e. The lowest BCUT2D eigenvalue weighted by molar-refractivity contribution is -0.121. The molecular formula is C22H22N6O3.